The van der Waals surface area contributed by atoms with Crippen LogP contribution < -0.4 is 4.90 Å². The third kappa shape index (κ3) is 2.84. The van der Waals surface area contributed by atoms with Crippen molar-refractivity contribution in [2.45, 2.75) is 39.7 Å². The van der Waals surface area contributed by atoms with E-state index in [1.54, 1.807) is 0 Å². The van der Waals surface area contributed by atoms with Gasteiger partial charge in [0.05, 0.1) is 0 Å². The number of allylic oxidation sites excluding steroid dienone is 3. The average molecular weight is 240 g/mol. The fraction of sp³-hybridized carbons (Fsp3) is 0.353. The number of hydrogen-bond donors (Lipinski definition) is 0. The highest BCUT2D eigenvalue weighted by Gasteiger charge is 2.16. The quantitative estimate of drug-likeness (QED) is 0.740. The maximum absolute atomic E-state index is 2.43. The van der Waals surface area contributed by atoms with Crippen molar-refractivity contribution < 1.29 is 0 Å². The molecule has 0 saturated heterocycles. The second kappa shape index (κ2) is 5.90. The zero-order chi connectivity index (χ0) is 13.0. The zero-order valence-electron chi connectivity index (χ0n) is 11.6. The zero-order valence-corrected chi connectivity index (χ0v) is 11.6. The first-order valence-corrected chi connectivity index (χ1v) is 6.78. The van der Waals surface area contributed by atoms with E-state index in [0.29, 0.717) is 6.04 Å². The molecule has 1 aromatic carbocycles. The Morgan fingerprint density at radius 2 is 1.94 bits per heavy atom. The van der Waals surface area contributed by atoms with E-state index in [-0.39, 0.29) is 0 Å². The molecular formula is C17H22N. The molecule has 0 bridgehead atoms. The van der Waals surface area contributed by atoms with Gasteiger partial charge in [-0.05, 0) is 51.3 Å². The smallest absolute Gasteiger partial charge is 0.0413 e. The van der Waals surface area contributed by atoms with Crippen molar-refractivity contribution in [1.82, 2.24) is 0 Å². The van der Waals surface area contributed by atoms with Crippen LogP contribution in [0.25, 0.3) is 0 Å². The first-order chi connectivity index (χ1) is 8.72. The van der Waals surface area contributed by atoms with Gasteiger partial charge in [-0.1, -0.05) is 36.8 Å². The van der Waals surface area contributed by atoms with Gasteiger partial charge in [-0.15, -0.1) is 0 Å². The first kappa shape index (κ1) is 12.9. The van der Waals surface area contributed by atoms with Gasteiger partial charge in [0.15, 0.2) is 0 Å². The molecule has 0 amide bonds. The number of nitrogens with zero attached hydrogens (tertiary/aromatic N) is 1. The number of rotatable bonds is 4. The van der Waals surface area contributed by atoms with E-state index in [9.17, 15) is 0 Å². The van der Waals surface area contributed by atoms with Crippen molar-refractivity contribution in [3.8, 4) is 0 Å². The van der Waals surface area contributed by atoms with Crippen molar-refractivity contribution in [3.63, 3.8) is 0 Å². The SMILES string of the molecule is CCC(C)N(C1=CC[CH]C=C1)c1ccc(C)cc1. The average Bonchev–Trinajstić information content (AvgIpc) is 2.42. The second-order valence-electron chi connectivity index (χ2n) is 4.92. The molecule has 2 rings (SSSR count). The molecular weight excluding hydrogens is 218 g/mol. The number of hydrogen-bond acceptors (Lipinski definition) is 1. The summed E-state index contributed by atoms with van der Waals surface area (Å²) in [6.45, 7) is 6.66. The van der Waals surface area contributed by atoms with Crippen molar-refractivity contribution >= 4 is 5.69 Å². The van der Waals surface area contributed by atoms with Gasteiger partial charge in [0.25, 0.3) is 0 Å². The predicted molar refractivity (Wildman–Crippen MR) is 79.6 cm³/mol. The Hall–Kier alpha value is -1.50. The standard InChI is InChI=1S/C17H22N/c1-4-15(3)18(16-8-6-5-7-9-16)17-12-10-14(2)11-13-17/h5-6,8-13,15H,4,7H2,1-3H3. The summed E-state index contributed by atoms with van der Waals surface area (Å²) in [6.07, 6.45) is 11.0. The topological polar surface area (TPSA) is 3.24 Å². The fourth-order valence-electron chi connectivity index (χ4n) is 2.23. The highest BCUT2D eigenvalue weighted by molar-refractivity contribution is 5.57. The van der Waals surface area contributed by atoms with Crippen LogP contribution in [0.4, 0.5) is 5.69 Å². The van der Waals surface area contributed by atoms with Crippen LogP contribution in [-0.2, 0) is 0 Å². The first-order valence-electron chi connectivity index (χ1n) is 6.78. The highest BCUT2D eigenvalue weighted by Crippen LogP contribution is 2.26. The normalized spacial score (nSPS) is 16.3. The number of benzene rings is 1. The molecule has 0 aromatic heterocycles. The van der Waals surface area contributed by atoms with Crippen LogP contribution in [0.2, 0.25) is 0 Å². The minimum Gasteiger partial charge on any atom is -0.339 e. The third-order valence-corrected chi connectivity index (χ3v) is 3.49. The molecule has 0 fully saturated rings. The van der Waals surface area contributed by atoms with Crippen LogP contribution in [0.15, 0.2) is 48.2 Å². The molecule has 1 atom stereocenters. The van der Waals surface area contributed by atoms with E-state index in [4.69, 9.17) is 0 Å². The largest absolute Gasteiger partial charge is 0.339 e. The molecule has 0 N–H and O–H groups in total. The molecule has 18 heavy (non-hydrogen) atoms. The van der Waals surface area contributed by atoms with Crippen LogP contribution in [0.1, 0.15) is 32.3 Å². The van der Waals surface area contributed by atoms with E-state index in [1.807, 2.05) is 0 Å². The fourth-order valence-corrected chi connectivity index (χ4v) is 2.23. The van der Waals surface area contributed by atoms with E-state index >= 15 is 0 Å². The molecule has 1 radical (unpaired) electrons. The highest BCUT2D eigenvalue weighted by atomic mass is 15.2. The minimum absolute atomic E-state index is 0.515. The Morgan fingerprint density at radius 3 is 2.50 bits per heavy atom. The van der Waals surface area contributed by atoms with Gasteiger partial charge < -0.3 is 4.90 Å². The Labute approximate surface area is 111 Å². The minimum atomic E-state index is 0.515. The Kier molecular flexibility index (Phi) is 4.24. The van der Waals surface area contributed by atoms with E-state index in [0.717, 1.165) is 12.8 Å². The van der Waals surface area contributed by atoms with Crippen molar-refractivity contribution in [1.29, 1.82) is 0 Å². The van der Waals surface area contributed by atoms with Gasteiger partial charge in [-0.3, -0.25) is 0 Å². The number of anilines is 1. The summed E-state index contributed by atoms with van der Waals surface area (Å²) in [5, 5.41) is 0. The summed E-state index contributed by atoms with van der Waals surface area (Å²) in [5.41, 5.74) is 3.91. The van der Waals surface area contributed by atoms with Crippen molar-refractivity contribution in [3.05, 3.63) is 60.2 Å². The Morgan fingerprint density at radius 1 is 1.22 bits per heavy atom. The molecule has 0 spiro atoms. The van der Waals surface area contributed by atoms with Gasteiger partial charge in [0, 0.05) is 17.4 Å². The van der Waals surface area contributed by atoms with Gasteiger partial charge in [-0.2, -0.15) is 0 Å². The van der Waals surface area contributed by atoms with Crippen molar-refractivity contribution in [2.75, 3.05) is 4.90 Å². The summed E-state index contributed by atoms with van der Waals surface area (Å²) in [4.78, 5) is 2.43. The van der Waals surface area contributed by atoms with Crippen LogP contribution >= 0.6 is 0 Å². The van der Waals surface area contributed by atoms with Crippen molar-refractivity contribution in [2.24, 2.45) is 0 Å². The second-order valence-corrected chi connectivity index (χ2v) is 4.92. The van der Waals surface area contributed by atoms with E-state index in [2.05, 4.69) is 74.6 Å². The molecule has 1 unspecified atom stereocenters. The monoisotopic (exact) mass is 240 g/mol. The lowest BCUT2D eigenvalue weighted by molar-refractivity contribution is 0.669. The summed E-state index contributed by atoms with van der Waals surface area (Å²) < 4.78 is 0. The van der Waals surface area contributed by atoms with Crippen LogP contribution in [-0.4, -0.2) is 6.04 Å². The molecule has 1 aliphatic rings. The number of aryl methyl sites for hydroxylation is 1. The predicted octanol–water partition coefficient (Wildman–Crippen LogP) is 4.65. The molecule has 1 aromatic rings. The summed E-state index contributed by atoms with van der Waals surface area (Å²) >= 11 is 0. The molecule has 1 aliphatic carbocycles. The van der Waals surface area contributed by atoms with E-state index in [1.165, 1.54) is 16.9 Å². The Balaban J connectivity index is 2.33. The summed E-state index contributed by atoms with van der Waals surface area (Å²) in [6, 6.07) is 9.32. The molecule has 95 valence electrons. The van der Waals surface area contributed by atoms with Gasteiger partial charge in [0.2, 0.25) is 0 Å². The van der Waals surface area contributed by atoms with Crippen LogP contribution in [0.3, 0.4) is 0 Å². The van der Waals surface area contributed by atoms with Gasteiger partial charge in [0.1, 0.15) is 0 Å². The Bertz CT molecular complexity index is 439. The summed E-state index contributed by atoms with van der Waals surface area (Å²) in [7, 11) is 0. The maximum Gasteiger partial charge on any atom is 0.0413 e. The lowest BCUT2D eigenvalue weighted by atomic mass is 10.1. The van der Waals surface area contributed by atoms with Crippen LogP contribution in [0, 0.1) is 13.3 Å². The third-order valence-electron chi connectivity index (χ3n) is 3.49. The molecule has 0 heterocycles. The van der Waals surface area contributed by atoms with Gasteiger partial charge >= 0.3 is 0 Å². The van der Waals surface area contributed by atoms with E-state index < -0.39 is 0 Å². The molecule has 1 nitrogen and oxygen atoms in total. The molecule has 0 saturated carbocycles. The maximum atomic E-state index is 2.43. The summed E-state index contributed by atoms with van der Waals surface area (Å²) in [5.74, 6) is 0. The lowest BCUT2D eigenvalue weighted by Crippen LogP contribution is -2.31. The molecule has 0 aliphatic heterocycles. The molecule has 1 heteroatoms. The van der Waals surface area contributed by atoms with Gasteiger partial charge in [-0.25, -0.2) is 0 Å². The lowest BCUT2D eigenvalue weighted by Gasteiger charge is -2.33. The van der Waals surface area contributed by atoms with Crippen LogP contribution in [0.5, 0.6) is 0 Å².